The van der Waals surface area contributed by atoms with Crippen molar-refractivity contribution >= 4 is 34.5 Å². The molecule has 12 heteroatoms. The van der Waals surface area contributed by atoms with Crippen LogP contribution in [0.25, 0.3) is 0 Å². The molecule has 5 nitrogen and oxygen atoms in total. The second-order valence-electron chi connectivity index (χ2n) is 7.24. The van der Waals surface area contributed by atoms with Gasteiger partial charge in [0.2, 0.25) is 0 Å². The van der Waals surface area contributed by atoms with Gasteiger partial charge in [-0.25, -0.2) is 19.4 Å². The molecule has 0 fully saturated rings. The highest BCUT2D eigenvalue weighted by Crippen LogP contribution is 2.37. The minimum Gasteiger partial charge on any atom is -0.337 e. The molecule has 1 aliphatic heterocycles. The normalized spacial score (nSPS) is 13.5. The summed E-state index contributed by atoms with van der Waals surface area (Å²) in [5.41, 5.74) is -1.96. The van der Waals surface area contributed by atoms with E-state index in [0.29, 0.717) is 0 Å². The van der Waals surface area contributed by atoms with Crippen molar-refractivity contribution < 1.29 is 30.7 Å². The van der Waals surface area contributed by atoms with E-state index >= 15 is 0 Å². The second kappa shape index (κ2) is 8.01. The quantitative estimate of drug-likeness (QED) is 0.422. The van der Waals surface area contributed by atoms with E-state index in [1.165, 1.54) is 31.2 Å². The van der Waals surface area contributed by atoms with Crippen LogP contribution in [0.2, 0.25) is 0 Å². The first-order valence-electron chi connectivity index (χ1n) is 9.43. The monoisotopic (exact) mass is 469 g/mol. The van der Waals surface area contributed by atoms with Crippen LogP contribution >= 0.6 is 0 Å². The molecule has 1 aromatic heterocycles. The van der Waals surface area contributed by atoms with Crippen LogP contribution in [0.5, 0.6) is 0 Å². The van der Waals surface area contributed by atoms with Crippen molar-refractivity contribution in [3.8, 4) is 0 Å². The maximum atomic E-state index is 14.1. The molecule has 0 bridgehead atoms. The number of nitrogens with one attached hydrogen (secondary N) is 2. The molecule has 0 amide bonds. The molecule has 0 saturated heterocycles. The molecular weight excluding hydrogens is 455 g/mol. The molecule has 4 rings (SSSR count). The zero-order valence-electron chi connectivity index (χ0n) is 16.7. The molecule has 0 aliphatic carbocycles. The summed E-state index contributed by atoms with van der Waals surface area (Å²) >= 11 is 0. The number of halogens is 7. The van der Waals surface area contributed by atoms with E-state index in [0.717, 1.165) is 18.2 Å². The molecule has 0 radical (unpaired) electrons. The van der Waals surface area contributed by atoms with Crippen molar-refractivity contribution in [2.24, 2.45) is 4.99 Å². The smallest absolute Gasteiger partial charge is 0.337 e. The topological polar surface area (TPSA) is 62.2 Å². The number of rotatable bonds is 4. The van der Waals surface area contributed by atoms with Gasteiger partial charge in [0.1, 0.15) is 11.5 Å². The molecule has 33 heavy (non-hydrogen) atoms. The predicted molar refractivity (Wildman–Crippen MR) is 108 cm³/mol. The summed E-state index contributed by atoms with van der Waals surface area (Å²) in [4.78, 5) is 11.6. The number of aromatic nitrogens is 2. The Balaban J connectivity index is 1.77. The van der Waals surface area contributed by atoms with Gasteiger partial charge in [-0.15, -0.1) is 0 Å². The predicted octanol–water partition coefficient (Wildman–Crippen LogP) is 6.62. The minimum absolute atomic E-state index is 0.0249. The van der Waals surface area contributed by atoms with Gasteiger partial charge in [-0.1, -0.05) is 12.1 Å². The molecular formula is C21H14F7N5. The van der Waals surface area contributed by atoms with E-state index in [-0.39, 0.29) is 40.1 Å². The van der Waals surface area contributed by atoms with Gasteiger partial charge >= 0.3 is 12.4 Å². The standard InChI is InChI=1S/C21H14F7N5/c1-10-6-11(20(23,24)25)8-12(7-10)29-18-19(30-14-5-3-2-4-13(14)22)33-17-15(31-18)9-16(32-17)21(26,27)28/h2-8H,9H2,1H3,(H,29,31)(H,30,33). The lowest BCUT2D eigenvalue weighted by Gasteiger charge is -2.16. The van der Waals surface area contributed by atoms with Crippen LogP contribution in [0.4, 0.5) is 59.6 Å². The Labute approximate surface area is 182 Å². The van der Waals surface area contributed by atoms with Crippen molar-refractivity contribution in [2.45, 2.75) is 25.7 Å². The number of anilines is 4. The number of para-hydroxylation sites is 1. The Bertz CT molecular complexity index is 1250. The lowest BCUT2D eigenvalue weighted by atomic mass is 10.1. The SMILES string of the molecule is Cc1cc(Nc2nc3c(nc2Nc2ccccc2F)N=C(C(F)(F)F)C3)cc(C(F)(F)F)c1. The van der Waals surface area contributed by atoms with Crippen LogP contribution < -0.4 is 10.6 Å². The zero-order valence-corrected chi connectivity index (χ0v) is 16.7. The van der Waals surface area contributed by atoms with Crippen LogP contribution in [-0.2, 0) is 12.6 Å². The van der Waals surface area contributed by atoms with Crippen LogP contribution in [-0.4, -0.2) is 21.9 Å². The highest BCUT2D eigenvalue weighted by atomic mass is 19.4. The Morgan fingerprint density at radius 2 is 1.55 bits per heavy atom. The number of aliphatic imine (C=N–C) groups is 1. The van der Waals surface area contributed by atoms with E-state index in [2.05, 4.69) is 25.6 Å². The van der Waals surface area contributed by atoms with Crippen molar-refractivity contribution in [3.05, 3.63) is 65.1 Å². The van der Waals surface area contributed by atoms with Gasteiger partial charge in [-0.2, -0.15) is 26.3 Å². The summed E-state index contributed by atoms with van der Waals surface area (Å²) in [6, 6.07) is 8.61. The molecule has 1 aliphatic rings. The van der Waals surface area contributed by atoms with Gasteiger partial charge in [0.15, 0.2) is 17.5 Å². The number of fused-ring (bicyclic) bond motifs is 1. The number of aryl methyl sites for hydroxylation is 1. The van der Waals surface area contributed by atoms with Crippen molar-refractivity contribution in [3.63, 3.8) is 0 Å². The first-order valence-corrected chi connectivity index (χ1v) is 9.43. The average Bonchev–Trinajstić information content (AvgIpc) is 3.12. The van der Waals surface area contributed by atoms with E-state index in [1.807, 2.05) is 0 Å². The summed E-state index contributed by atoms with van der Waals surface area (Å²) < 4.78 is 93.0. The van der Waals surface area contributed by atoms with Gasteiger partial charge in [-0.3, -0.25) is 0 Å². The van der Waals surface area contributed by atoms with Crippen molar-refractivity contribution in [1.29, 1.82) is 0 Å². The molecule has 172 valence electrons. The van der Waals surface area contributed by atoms with E-state index < -0.39 is 35.9 Å². The van der Waals surface area contributed by atoms with Crippen LogP contribution in [0, 0.1) is 12.7 Å². The van der Waals surface area contributed by atoms with E-state index in [4.69, 9.17) is 0 Å². The molecule has 2 aromatic carbocycles. The first-order chi connectivity index (χ1) is 15.4. The van der Waals surface area contributed by atoms with Crippen molar-refractivity contribution in [1.82, 2.24) is 9.97 Å². The fraction of sp³-hybridized carbons (Fsp3) is 0.190. The molecule has 2 N–H and O–H groups in total. The Morgan fingerprint density at radius 1 is 0.848 bits per heavy atom. The highest BCUT2D eigenvalue weighted by Gasteiger charge is 2.40. The fourth-order valence-corrected chi connectivity index (χ4v) is 3.18. The lowest BCUT2D eigenvalue weighted by molar-refractivity contribution is -0.137. The molecule has 0 atom stereocenters. The third-order valence-corrected chi connectivity index (χ3v) is 4.64. The summed E-state index contributed by atoms with van der Waals surface area (Å²) in [6.07, 6.45) is -9.97. The number of benzene rings is 2. The second-order valence-corrected chi connectivity index (χ2v) is 7.24. The lowest BCUT2D eigenvalue weighted by Crippen LogP contribution is -2.22. The maximum absolute atomic E-state index is 14.1. The van der Waals surface area contributed by atoms with Crippen LogP contribution in [0.1, 0.15) is 16.8 Å². The van der Waals surface area contributed by atoms with Gasteiger partial charge in [0.25, 0.3) is 0 Å². The van der Waals surface area contributed by atoms with E-state index in [1.54, 1.807) is 0 Å². The number of hydrogen-bond donors (Lipinski definition) is 2. The van der Waals surface area contributed by atoms with Gasteiger partial charge in [0, 0.05) is 12.1 Å². The fourth-order valence-electron chi connectivity index (χ4n) is 3.18. The van der Waals surface area contributed by atoms with Crippen molar-refractivity contribution in [2.75, 3.05) is 10.6 Å². The Kier molecular flexibility index (Phi) is 5.46. The first kappa shape index (κ1) is 22.5. The molecule has 0 saturated carbocycles. The van der Waals surface area contributed by atoms with E-state index in [9.17, 15) is 30.7 Å². The Morgan fingerprint density at radius 3 is 2.21 bits per heavy atom. The van der Waals surface area contributed by atoms with Gasteiger partial charge in [0.05, 0.1) is 16.9 Å². The largest absolute Gasteiger partial charge is 0.429 e. The molecule has 2 heterocycles. The third-order valence-electron chi connectivity index (χ3n) is 4.64. The number of alkyl halides is 6. The summed E-state index contributed by atoms with van der Waals surface area (Å²) in [7, 11) is 0. The van der Waals surface area contributed by atoms with Gasteiger partial charge < -0.3 is 10.6 Å². The van der Waals surface area contributed by atoms with Crippen LogP contribution in [0.3, 0.4) is 0 Å². The summed E-state index contributed by atoms with van der Waals surface area (Å²) in [5, 5.41) is 5.28. The minimum atomic E-state index is -4.70. The summed E-state index contributed by atoms with van der Waals surface area (Å²) in [5.74, 6) is -1.39. The zero-order chi connectivity index (χ0) is 24.0. The van der Waals surface area contributed by atoms with Gasteiger partial charge in [-0.05, 0) is 42.8 Å². The third kappa shape index (κ3) is 4.89. The molecule has 0 spiro atoms. The number of hydrogen-bond acceptors (Lipinski definition) is 5. The van der Waals surface area contributed by atoms with Crippen LogP contribution in [0.15, 0.2) is 47.5 Å². The number of nitrogens with zero attached hydrogens (tertiary/aromatic N) is 3. The summed E-state index contributed by atoms with van der Waals surface area (Å²) in [6.45, 7) is 1.46. The Hall–Kier alpha value is -3.70. The average molecular weight is 469 g/mol. The highest BCUT2D eigenvalue weighted by molar-refractivity contribution is 5.97. The molecule has 3 aromatic rings. The maximum Gasteiger partial charge on any atom is 0.429 e. The molecule has 0 unspecified atom stereocenters.